The van der Waals surface area contributed by atoms with E-state index in [2.05, 4.69) is 14.9 Å². The molecule has 0 aromatic carbocycles. The Morgan fingerprint density at radius 2 is 1.53 bits per heavy atom. The van der Waals surface area contributed by atoms with Crippen LogP contribution in [-0.4, -0.2) is 27.3 Å². The number of rotatable bonds is 3. The highest BCUT2D eigenvalue weighted by atomic mass is 19.4. The smallest absolute Gasteiger partial charge is 0.451 e. The number of ether oxygens (including phenoxy) is 1. The van der Waals surface area contributed by atoms with Gasteiger partial charge in [0.05, 0.1) is 6.61 Å². The fourth-order valence-electron chi connectivity index (χ4n) is 1.21. The van der Waals surface area contributed by atoms with Crippen LogP contribution in [0.1, 0.15) is 18.6 Å². The highest BCUT2D eigenvalue weighted by molar-refractivity contribution is 5.69. The molecule has 0 aliphatic carbocycles. The van der Waals surface area contributed by atoms with Crippen molar-refractivity contribution in [2.24, 2.45) is 0 Å². The third-order valence-electron chi connectivity index (χ3n) is 1.85. The Balaban J connectivity index is 3.23. The van der Waals surface area contributed by atoms with Gasteiger partial charge in [0.2, 0.25) is 11.6 Å². The number of aromatic nitrogens is 3. The molecule has 0 aliphatic heterocycles. The van der Waals surface area contributed by atoms with Crippen molar-refractivity contribution in [1.29, 1.82) is 0 Å². The predicted octanol–water partition coefficient (Wildman–Crippen LogP) is 1.88. The maximum absolute atomic E-state index is 12.4. The minimum atomic E-state index is -5.16. The van der Waals surface area contributed by atoms with Crippen molar-refractivity contribution in [3.63, 3.8) is 0 Å². The second-order valence-electron chi connectivity index (χ2n) is 3.23. The fraction of sp³-hybridized carbons (Fsp3) is 0.625. The van der Waals surface area contributed by atoms with E-state index in [1.807, 2.05) is 0 Å². The highest BCUT2D eigenvalue weighted by Gasteiger charge is 2.45. The van der Waals surface area contributed by atoms with Crippen molar-refractivity contribution in [1.82, 2.24) is 14.8 Å². The standard InChI is InChI=1S/C8H7F6N3O2/c1-2-19-4(18)3-17-5(7(9,10)11)15-16-6(17)8(12,13)14/h2-3H2,1H3. The van der Waals surface area contributed by atoms with Gasteiger partial charge < -0.3 is 4.74 Å². The predicted molar refractivity (Wildman–Crippen MR) is 46.7 cm³/mol. The molecular formula is C8H7F6N3O2. The van der Waals surface area contributed by atoms with Gasteiger partial charge in [-0.1, -0.05) is 0 Å². The zero-order chi connectivity index (χ0) is 14.8. The lowest BCUT2D eigenvalue weighted by molar-refractivity contribution is -0.158. The molecule has 0 atom stereocenters. The molecule has 0 saturated carbocycles. The highest BCUT2D eigenvalue weighted by Crippen LogP contribution is 2.33. The minimum Gasteiger partial charge on any atom is -0.465 e. The van der Waals surface area contributed by atoms with Gasteiger partial charge in [0.15, 0.2) is 0 Å². The van der Waals surface area contributed by atoms with E-state index in [0.29, 0.717) is 0 Å². The number of esters is 1. The van der Waals surface area contributed by atoms with E-state index >= 15 is 0 Å². The second kappa shape index (κ2) is 5.05. The number of carbonyl (C=O) groups is 1. The Labute approximate surface area is 102 Å². The van der Waals surface area contributed by atoms with Crippen LogP contribution in [0.4, 0.5) is 26.3 Å². The zero-order valence-electron chi connectivity index (χ0n) is 9.34. The first kappa shape index (κ1) is 15.2. The average Bonchev–Trinajstić information content (AvgIpc) is 2.60. The van der Waals surface area contributed by atoms with Crippen LogP contribution >= 0.6 is 0 Å². The molecule has 0 unspecified atom stereocenters. The normalized spacial score (nSPS) is 12.6. The number of carbonyl (C=O) groups excluding carboxylic acids is 1. The van der Waals surface area contributed by atoms with Crippen LogP contribution in [0.15, 0.2) is 0 Å². The minimum absolute atomic E-state index is 0.177. The summed E-state index contributed by atoms with van der Waals surface area (Å²) in [7, 11) is 0. The summed E-state index contributed by atoms with van der Waals surface area (Å²) >= 11 is 0. The van der Waals surface area contributed by atoms with Gasteiger partial charge in [-0.15, -0.1) is 10.2 Å². The summed E-state index contributed by atoms with van der Waals surface area (Å²) in [6, 6.07) is 0. The van der Waals surface area contributed by atoms with Crippen LogP contribution in [0.3, 0.4) is 0 Å². The molecule has 0 fully saturated rings. The van der Waals surface area contributed by atoms with E-state index in [-0.39, 0.29) is 11.2 Å². The average molecular weight is 291 g/mol. The number of hydrogen-bond donors (Lipinski definition) is 0. The molecule has 1 heterocycles. The van der Waals surface area contributed by atoms with Gasteiger partial charge in [0.1, 0.15) is 6.54 Å². The quantitative estimate of drug-likeness (QED) is 0.630. The van der Waals surface area contributed by atoms with Gasteiger partial charge in [0, 0.05) is 0 Å². The number of alkyl halides is 6. The zero-order valence-corrected chi connectivity index (χ0v) is 9.34. The topological polar surface area (TPSA) is 57.0 Å². The lowest BCUT2D eigenvalue weighted by Crippen LogP contribution is -2.25. The molecule has 1 rings (SSSR count). The summed E-state index contributed by atoms with van der Waals surface area (Å²) in [6.07, 6.45) is -10.3. The van der Waals surface area contributed by atoms with Gasteiger partial charge in [-0.25, -0.2) is 0 Å². The molecular weight excluding hydrogens is 284 g/mol. The first-order valence-electron chi connectivity index (χ1n) is 4.80. The Kier molecular flexibility index (Phi) is 4.06. The number of nitrogens with zero attached hydrogens (tertiary/aromatic N) is 3. The van der Waals surface area contributed by atoms with Gasteiger partial charge in [-0.05, 0) is 6.92 Å². The van der Waals surface area contributed by atoms with Crippen molar-refractivity contribution in [3.8, 4) is 0 Å². The monoisotopic (exact) mass is 291 g/mol. The lowest BCUT2D eigenvalue weighted by atomic mass is 10.4. The maximum atomic E-state index is 12.4. The molecule has 0 spiro atoms. The van der Waals surface area contributed by atoms with E-state index in [0.717, 1.165) is 0 Å². The van der Waals surface area contributed by atoms with Crippen LogP contribution in [-0.2, 0) is 28.4 Å². The molecule has 19 heavy (non-hydrogen) atoms. The van der Waals surface area contributed by atoms with E-state index in [4.69, 9.17) is 0 Å². The molecule has 5 nitrogen and oxygen atoms in total. The van der Waals surface area contributed by atoms with E-state index < -0.39 is 36.5 Å². The van der Waals surface area contributed by atoms with E-state index in [1.165, 1.54) is 6.92 Å². The van der Waals surface area contributed by atoms with E-state index in [1.54, 1.807) is 0 Å². The number of halogens is 6. The molecule has 0 N–H and O–H groups in total. The molecule has 1 aromatic rings. The van der Waals surface area contributed by atoms with Crippen molar-refractivity contribution >= 4 is 5.97 Å². The fourth-order valence-corrected chi connectivity index (χ4v) is 1.21. The first-order valence-corrected chi connectivity index (χ1v) is 4.80. The van der Waals surface area contributed by atoms with Crippen LogP contribution in [0, 0.1) is 0 Å². The molecule has 1 aromatic heterocycles. The first-order chi connectivity index (χ1) is 8.57. The molecule has 0 bridgehead atoms. The second-order valence-corrected chi connectivity index (χ2v) is 3.23. The maximum Gasteiger partial charge on any atom is 0.451 e. The summed E-state index contributed by atoms with van der Waals surface area (Å²) in [4.78, 5) is 11.0. The van der Waals surface area contributed by atoms with Crippen molar-refractivity contribution in [3.05, 3.63) is 11.6 Å². The molecule has 0 radical (unpaired) electrons. The van der Waals surface area contributed by atoms with Gasteiger partial charge in [-0.2, -0.15) is 26.3 Å². The van der Waals surface area contributed by atoms with Crippen molar-refractivity contribution in [2.75, 3.05) is 6.61 Å². The summed E-state index contributed by atoms with van der Waals surface area (Å²) in [5.74, 6) is -5.07. The van der Waals surface area contributed by atoms with Gasteiger partial charge >= 0.3 is 18.3 Å². The van der Waals surface area contributed by atoms with Crippen LogP contribution in [0.2, 0.25) is 0 Å². The SMILES string of the molecule is CCOC(=O)Cn1c(C(F)(F)F)nnc1C(F)(F)F. The summed E-state index contributed by atoms with van der Waals surface area (Å²) in [5.41, 5.74) is 0. The third-order valence-corrected chi connectivity index (χ3v) is 1.85. The molecule has 0 amide bonds. The van der Waals surface area contributed by atoms with Crippen LogP contribution in [0.5, 0.6) is 0 Å². The van der Waals surface area contributed by atoms with Gasteiger partial charge in [-0.3, -0.25) is 9.36 Å². The third kappa shape index (κ3) is 3.58. The van der Waals surface area contributed by atoms with Gasteiger partial charge in [0.25, 0.3) is 0 Å². The molecule has 0 aliphatic rings. The summed E-state index contributed by atoms with van der Waals surface area (Å²) in [5, 5.41) is 4.85. The Hall–Kier alpha value is -1.81. The van der Waals surface area contributed by atoms with E-state index in [9.17, 15) is 31.1 Å². The molecule has 108 valence electrons. The Bertz CT molecular complexity index is 433. The van der Waals surface area contributed by atoms with Crippen molar-refractivity contribution in [2.45, 2.75) is 25.8 Å². The largest absolute Gasteiger partial charge is 0.465 e. The van der Waals surface area contributed by atoms with Crippen LogP contribution in [0.25, 0.3) is 0 Å². The van der Waals surface area contributed by atoms with Crippen LogP contribution < -0.4 is 0 Å². The number of hydrogen-bond acceptors (Lipinski definition) is 4. The Morgan fingerprint density at radius 1 is 1.11 bits per heavy atom. The molecule has 11 heteroatoms. The summed E-state index contributed by atoms with van der Waals surface area (Å²) < 4.78 is 78.6. The van der Waals surface area contributed by atoms with Crippen molar-refractivity contribution < 1.29 is 35.9 Å². The molecule has 0 saturated heterocycles. The summed E-state index contributed by atoms with van der Waals surface area (Å²) in [6.45, 7) is -0.0897. The lowest BCUT2D eigenvalue weighted by Gasteiger charge is -2.12. The Morgan fingerprint density at radius 3 is 1.84 bits per heavy atom.